The molecule has 0 saturated carbocycles. The lowest BCUT2D eigenvalue weighted by molar-refractivity contribution is 0.101. The van der Waals surface area contributed by atoms with Crippen molar-refractivity contribution in [3.63, 3.8) is 0 Å². The Morgan fingerprint density at radius 2 is 0.907 bits per heavy atom. The summed E-state index contributed by atoms with van der Waals surface area (Å²) in [7, 11) is 0. The zero-order valence-corrected chi connectivity index (χ0v) is 32.0. The van der Waals surface area contributed by atoms with Crippen LogP contribution in [0.4, 0.5) is 55.3 Å². The normalized spacial score (nSPS) is 10.5. The van der Waals surface area contributed by atoms with Gasteiger partial charge in [0.25, 0.3) is 11.1 Å². The molecule has 0 aliphatic carbocycles. The van der Waals surface area contributed by atoms with E-state index in [1.807, 2.05) is 26.0 Å². The van der Waals surface area contributed by atoms with Crippen molar-refractivity contribution in [3.05, 3.63) is 126 Å². The van der Waals surface area contributed by atoms with Crippen molar-refractivity contribution < 1.29 is 53.5 Å². The molecular weight excluding hydrogens is 803 g/mol. The summed E-state index contributed by atoms with van der Waals surface area (Å²) in [6, 6.07) is 6.98. The van der Waals surface area contributed by atoms with E-state index in [-0.39, 0.29) is 10.7 Å². The third kappa shape index (κ3) is 12.0. The number of nitrogen functional groups attached to an aromatic ring is 1. The second-order valence-corrected chi connectivity index (χ2v) is 12.3. The summed E-state index contributed by atoms with van der Waals surface area (Å²) in [6.45, 7) is 17.4. The van der Waals surface area contributed by atoms with Crippen molar-refractivity contribution in [2.45, 2.75) is 48.5 Å². The van der Waals surface area contributed by atoms with Gasteiger partial charge >= 0.3 is 0 Å². The van der Waals surface area contributed by atoms with Crippen LogP contribution in [-0.2, 0) is 0 Å². The van der Waals surface area contributed by atoms with E-state index in [4.69, 9.17) is 28.9 Å². The zero-order chi connectivity index (χ0) is 41.9. The van der Waals surface area contributed by atoms with Gasteiger partial charge in [-0.3, -0.25) is 9.59 Å². The minimum atomic E-state index is -2.33. The summed E-state index contributed by atoms with van der Waals surface area (Å²) in [5.74, 6) is -23.8. The second kappa shape index (κ2) is 21.1. The second-order valence-electron chi connectivity index (χ2n) is 11.2. The smallest absolute Gasteiger partial charge is 0.261 e. The van der Waals surface area contributed by atoms with Crippen LogP contribution in [0, 0.1) is 85.9 Å². The highest BCUT2D eigenvalue weighted by Crippen LogP contribution is 2.30. The quantitative estimate of drug-likeness (QED) is 0.0667. The van der Waals surface area contributed by atoms with E-state index in [1.165, 1.54) is 25.7 Å². The lowest BCUT2D eigenvalue weighted by atomic mass is 10.1. The van der Waals surface area contributed by atoms with E-state index in [0.29, 0.717) is 16.3 Å². The van der Waals surface area contributed by atoms with Crippen molar-refractivity contribution in [3.8, 4) is 0 Å². The monoisotopic (exact) mass is 835 g/mol. The van der Waals surface area contributed by atoms with E-state index >= 15 is 0 Å². The third-order valence-electron chi connectivity index (χ3n) is 7.34. The molecule has 0 bridgehead atoms. The Morgan fingerprint density at radius 3 is 1.22 bits per heavy atom. The van der Waals surface area contributed by atoms with E-state index in [0.717, 1.165) is 16.7 Å². The number of halogens is 13. The van der Waals surface area contributed by atoms with Crippen molar-refractivity contribution in [1.29, 1.82) is 0 Å². The van der Waals surface area contributed by atoms with Gasteiger partial charge in [0, 0.05) is 0 Å². The fraction of sp³-hybridized carbons (Fsp3) is 0.278. The van der Waals surface area contributed by atoms with Crippen molar-refractivity contribution in [2.24, 2.45) is 0 Å². The molecule has 0 fully saturated rings. The van der Waals surface area contributed by atoms with Crippen LogP contribution in [-0.4, -0.2) is 35.7 Å². The summed E-state index contributed by atoms with van der Waals surface area (Å²) < 4.78 is 129. The van der Waals surface area contributed by atoms with E-state index in [9.17, 15) is 53.5 Å². The van der Waals surface area contributed by atoms with Crippen molar-refractivity contribution in [2.75, 3.05) is 30.7 Å². The predicted octanol–water partition coefficient (Wildman–Crippen LogP) is 11.6. The molecule has 0 spiro atoms. The van der Waals surface area contributed by atoms with Gasteiger partial charge in [0.05, 0.1) is 21.4 Å². The molecule has 5 nitrogen and oxygen atoms in total. The van der Waals surface area contributed by atoms with Crippen LogP contribution in [0.1, 0.15) is 63.7 Å². The molecule has 0 atom stereocenters. The van der Waals surface area contributed by atoms with Gasteiger partial charge in [-0.1, -0.05) is 56.1 Å². The molecular formula is C36H34Cl3F10N3O2. The molecule has 4 aromatic carbocycles. The van der Waals surface area contributed by atoms with Crippen LogP contribution in [0.2, 0.25) is 10.0 Å². The Bertz CT molecular complexity index is 1900. The molecule has 54 heavy (non-hydrogen) atoms. The minimum Gasteiger partial charge on any atom is -0.397 e. The number of hydrogen-bond acceptors (Lipinski definition) is 4. The van der Waals surface area contributed by atoms with Crippen LogP contribution in [0.15, 0.2) is 24.3 Å². The largest absolute Gasteiger partial charge is 0.397 e. The van der Waals surface area contributed by atoms with Crippen molar-refractivity contribution in [1.82, 2.24) is 4.90 Å². The first-order chi connectivity index (χ1) is 25.0. The van der Waals surface area contributed by atoms with Gasteiger partial charge in [0.2, 0.25) is 11.6 Å². The molecule has 4 aromatic rings. The molecule has 18 heteroatoms. The van der Waals surface area contributed by atoms with E-state index in [1.54, 1.807) is 19.9 Å². The number of nitrogens with one attached hydrogen (secondary N) is 1. The summed E-state index contributed by atoms with van der Waals surface area (Å²) in [6.07, 6.45) is 0. The van der Waals surface area contributed by atoms with E-state index < -0.39 is 80.4 Å². The fourth-order valence-electron chi connectivity index (χ4n) is 4.43. The maximum atomic E-state index is 13.6. The number of anilines is 2. The molecule has 0 saturated heterocycles. The lowest BCUT2D eigenvalue weighted by Crippen LogP contribution is -2.21. The maximum absolute atomic E-state index is 13.6. The van der Waals surface area contributed by atoms with Crippen LogP contribution in [0.3, 0.4) is 0 Å². The van der Waals surface area contributed by atoms with Crippen LogP contribution >= 0.6 is 34.8 Å². The lowest BCUT2D eigenvalue weighted by Gasteiger charge is -2.13. The number of aryl methyl sites for hydroxylation is 4. The fourth-order valence-corrected chi connectivity index (χ4v) is 5.29. The Morgan fingerprint density at radius 1 is 0.574 bits per heavy atom. The van der Waals surface area contributed by atoms with Gasteiger partial charge in [-0.05, 0) is 93.3 Å². The Balaban J connectivity index is 0.000000399. The first-order valence-corrected chi connectivity index (χ1v) is 16.7. The molecule has 0 unspecified atom stereocenters. The Labute approximate surface area is 320 Å². The number of nitrogens with two attached hydrogens (primary N) is 1. The van der Waals surface area contributed by atoms with E-state index in [2.05, 4.69) is 42.6 Å². The first-order valence-electron chi connectivity index (χ1n) is 15.5. The molecule has 4 rings (SSSR count). The van der Waals surface area contributed by atoms with Gasteiger partial charge in [-0.25, -0.2) is 43.9 Å². The molecule has 3 N–H and O–H groups in total. The summed E-state index contributed by atoms with van der Waals surface area (Å²) >= 11 is 16.4. The average molecular weight is 837 g/mol. The van der Waals surface area contributed by atoms with Gasteiger partial charge in [-0.2, -0.15) is 0 Å². The number of carbonyl (C=O) groups excluding carboxylic acids is 2. The number of carbonyl (C=O) groups is 2. The van der Waals surface area contributed by atoms with Gasteiger partial charge < -0.3 is 16.0 Å². The third-order valence-corrected chi connectivity index (χ3v) is 8.14. The number of benzene rings is 4. The molecule has 0 aromatic heterocycles. The molecule has 0 aliphatic rings. The first kappa shape index (κ1) is 48.0. The topological polar surface area (TPSA) is 75.4 Å². The number of nitrogens with zero attached hydrogens (tertiary/aromatic N) is 1. The van der Waals surface area contributed by atoms with Crippen LogP contribution in [0.25, 0.3) is 0 Å². The highest BCUT2D eigenvalue weighted by Gasteiger charge is 2.31. The molecule has 0 heterocycles. The highest BCUT2D eigenvalue weighted by atomic mass is 35.5. The zero-order valence-electron chi connectivity index (χ0n) is 29.7. The van der Waals surface area contributed by atoms with Gasteiger partial charge in [-0.15, -0.1) is 0 Å². The Kier molecular flexibility index (Phi) is 18.8. The summed E-state index contributed by atoms with van der Waals surface area (Å²) in [5, 5.41) is 1.04. The predicted molar refractivity (Wildman–Crippen MR) is 190 cm³/mol. The average Bonchev–Trinajstić information content (AvgIpc) is 3.10. The molecule has 296 valence electrons. The number of amides is 1. The van der Waals surface area contributed by atoms with Crippen LogP contribution in [0.5, 0.6) is 0 Å². The number of hydrogen-bond donors (Lipinski definition) is 2. The minimum absolute atomic E-state index is 0.0196. The van der Waals surface area contributed by atoms with Gasteiger partial charge in [0.15, 0.2) is 46.5 Å². The maximum Gasteiger partial charge on any atom is 0.261 e. The molecule has 0 radical (unpaired) electrons. The Hall–Kier alpha value is -4.05. The van der Waals surface area contributed by atoms with Crippen molar-refractivity contribution >= 4 is 57.3 Å². The summed E-state index contributed by atoms with van der Waals surface area (Å²) in [5.41, 5.74) is 6.53. The molecule has 1 amide bonds. The summed E-state index contributed by atoms with van der Waals surface area (Å²) in [4.78, 5) is 24.7. The molecule has 0 aliphatic heterocycles. The number of rotatable bonds is 6. The van der Waals surface area contributed by atoms with Crippen LogP contribution < -0.4 is 11.1 Å². The SMILES string of the molecule is CCN(CC)CC.Cc1cc(C)c(N)c(Cl)c1.Cc1cc(C)c(NC(=O)c2c(F)c(F)c(F)c(F)c2F)c(Cl)c1.O=C(Cl)c1c(F)c(F)c(F)c(F)c1F. The standard InChI is InChI=1S/C15H9ClF5NO.C8H10ClN.C7ClF5O.C6H15N/c1-5-3-6(2)14(7(16)4-5)22-15(23)8-9(17)11(19)13(21)12(20)10(8)18;1-5-3-6(2)8(10)7(9)4-5;8-7(14)1-2(9)4(11)6(13)5(12)3(1)10;1-4-7(5-2)6-3/h3-4H,1-2H3,(H,22,23);3-4H,10H2,1-2H3;;4-6H2,1-3H3. The highest BCUT2D eigenvalue weighted by molar-refractivity contribution is 6.67. The van der Waals surface area contributed by atoms with Gasteiger partial charge in [0.1, 0.15) is 11.1 Å².